The summed E-state index contributed by atoms with van der Waals surface area (Å²) in [7, 11) is 1.67. The molecule has 0 aliphatic rings. The lowest BCUT2D eigenvalue weighted by Gasteiger charge is -2.12. The van der Waals surface area contributed by atoms with Crippen LogP contribution in [0.4, 0.5) is 0 Å². The van der Waals surface area contributed by atoms with Crippen molar-refractivity contribution in [3.8, 4) is 11.4 Å². The summed E-state index contributed by atoms with van der Waals surface area (Å²) in [4.78, 5) is 4.23. The highest BCUT2D eigenvalue weighted by Crippen LogP contribution is 2.24. The Bertz CT molecular complexity index is 551. The van der Waals surface area contributed by atoms with Crippen LogP contribution in [0.2, 0.25) is 0 Å². The fourth-order valence-corrected chi connectivity index (χ4v) is 2.26. The molecule has 0 spiro atoms. The predicted molar refractivity (Wildman–Crippen MR) is 79.8 cm³/mol. The molecule has 0 atom stereocenters. The van der Waals surface area contributed by atoms with E-state index in [1.54, 1.807) is 7.11 Å². The number of nitrogens with one attached hydrogen (secondary N) is 1. The highest BCUT2D eigenvalue weighted by molar-refractivity contribution is 9.10. The molecule has 0 saturated heterocycles. The fourth-order valence-electron chi connectivity index (χ4n) is 1.80. The Morgan fingerprint density at radius 2 is 2.16 bits per heavy atom. The van der Waals surface area contributed by atoms with E-state index >= 15 is 0 Å². The van der Waals surface area contributed by atoms with Crippen molar-refractivity contribution in [1.29, 1.82) is 0 Å². The number of rotatable bonds is 5. The molecule has 102 valence electrons. The van der Waals surface area contributed by atoms with Gasteiger partial charge in [0.25, 0.3) is 0 Å². The lowest BCUT2D eigenvalue weighted by atomic mass is 10.3. The van der Waals surface area contributed by atoms with Crippen LogP contribution >= 0.6 is 15.9 Å². The van der Waals surface area contributed by atoms with Gasteiger partial charge in [0.2, 0.25) is 0 Å². The van der Waals surface area contributed by atoms with E-state index < -0.39 is 0 Å². The van der Waals surface area contributed by atoms with E-state index in [-0.39, 0.29) is 0 Å². The summed E-state index contributed by atoms with van der Waals surface area (Å²) < 4.78 is 8.34. The molecule has 1 aromatic carbocycles. The third-order valence-electron chi connectivity index (χ3n) is 2.78. The molecule has 0 aliphatic heterocycles. The zero-order valence-corrected chi connectivity index (χ0v) is 12.9. The smallest absolute Gasteiger partial charge is 0.122 e. The van der Waals surface area contributed by atoms with Gasteiger partial charge in [-0.25, -0.2) is 4.98 Å². The number of halogens is 1. The molecular weight excluding hydrogens is 306 g/mol. The van der Waals surface area contributed by atoms with E-state index in [1.165, 1.54) is 0 Å². The zero-order valence-electron chi connectivity index (χ0n) is 11.4. The molecule has 0 radical (unpaired) electrons. The number of hydrogen-bond donors (Lipinski definition) is 1. The van der Waals surface area contributed by atoms with Gasteiger partial charge in [0.15, 0.2) is 0 Å². The number of aromatic nitrogens is 2. The Kier molecular flexibility index (Phi) is 4.61. The summed E-state index contributed by atoms with van der Waals surface area (Å²) in [6.07, 6.45) is 3.70. The third-order valence-corrected chi connectivity index (χ3v) is 3.23. The van der Waals surface area contributed by atoms with Crippen molar-refractivity contribution in [2.45, 2.75) is 26.4 Å². The van der Waals surface area contributed by atoms with Gasteiger partial charge in [-0.05, 0) is 12.1 Å². The summed E-state index contributed by atoms with van der Waals surface area (Å²) in [6, 6.07) is 6.42. The van der Waals surface area contributed by atoms with Gasteiger partial charge in [0.1, 0.15) is 5.75 Å². The van der Waals surface area contributed by atoms with E-state index in [0.717, 1.165) is 28.1 Å². The molecular formula is C14H18BrN3O. The van der Waals surface area contributed by atoms with Crippen LogP contribution in [0.1, 0.15) is 19.5 Å². The maximum absolute atomic E-state index is 5.29. The number of benzene rings is 1. The van der Waals surface area contributed by atoms with Crippen molar-refractivity contribution in [3.63, 3.8) is 0 Å². The monoisotopic (exact) mass is 323 g/mol. The van der Waals surface area contributed by atoms with Gasteiger partial charge in [-0.15, -0.1) is 0 Å². The summed E-state index contributed by atoms with van der Waals surface area (Å²) >= 11 is 3.50. The predicted octanol–water partition coefficient (Wildman–Crippen LogP) is 3.14. The maximum atomic E-state index is 5.29. The summed E-state index contributed by atoms with van der Waals surface area (Å²) in [5.41, 5.74) is 2.15. The number of imidazole rings is 1. The van der Waals surface area contributed by atoms with Crippen molar-refractivity contribution in [2.75, 3.05) is 7.11 Å². The molecule has 1 N–H and O–H groups in total. The van der Waals surface area contributed by atoms with E-state index in [2.05, 4.69) is 44.6 Å². The minimum atomic E-state index is 0.445. The van der Waals surface area contributed by atoms with Crippen molar-refractivity contribution in [3.05, 3.63) is 40.9 Å². The molecule has 19 heavy (non-hydrogen) atoms. The minimum absolute atomic E-state index is 0.445. The molecule has 1 heterocycles. The molecule has 2 rings (SSSR count). The number of hydrogen-bond acceptors (Lipinski definition) is 3. The molecule has 0 bridgehead atoms. The first-order valence-electron chi connectivity index (χ1n) is 6.19. The van der Waals surface area contributed by atoms with E-state index in [0.29, 0.717) is 6.04 Å². The molecule has 4 nitrogen and oxygen atoms in total. The Hall–Kier alpha value is -1.33. The Morgan fingerprint density at radius 3 is 2.84 bits per heavy atom. The SMILES string of the molecule is COc1cc(Br)cc(-n2cncc2CNC(C)C)c1. The lowest BCUT2D eigenvalue weighted by molar-refractivity contribution is 0.414. The third kappa shape index (κ3) is 3.58. The number of nitrogens with zero attached hydrogens (tertiary/aromatic N) is 2. The van der Waals surface area contributed by atoms with Crippen LogP contribution in [0.5, 0.6) is 5.75 Å². The standard InChI is InChI=1S/C14H18BrN3O/c1-10(2)17-8-13-7-16-9-18(13)12-4-11(15)5-14(6-12)19-3/h4-7,9-10,17H,8H2,1-3H3. The second-order valence-corrected chi connectivity index (χ2v) is 5.56. The van der Waals surface area contributed by atoms with Crippen molar-refractivity contribution in [2.24, 2.45) is 0 Å². The molecule has 0 fully saturated rings. The lowest BCUT2D eigenvalue weighted by Crippen LogP contribution is -2.23. The zero-order chi connectivity index (χ0) is 13.8. The first-order valence-corrected chi connectivity index (χ1v) is 6.99. The minimum Gasteiger partial charge on any atom is -0.497 e. The molecule has 0 aliphatic carbocycles. The Labute approximate surface area is 121 Å². The first-order chi connectivity index (χ1) is 9.10. The van der Waals surface area contributed by atoms with Gasteiger partial charge >= 0.3 is 0 Å². The quantitative estimate of drug-likeness (QED) is 0.918. The van der Waals surface area contributed by atoms with Crippen LogP contribution in [0.3, 0.4) is 0 Å². The van der Waals surface area contributed by atoms with Crippen LogP contribution in [0.15, 0.2) is 35.2 Å². The van der Waals surface area contributed by atoms with Gasteiger partial charge in [-0.2, -0.15) is 0 Å². The number of ether oxygens (including phenoxy) is 1. The Morgan fingerprint density at radius 1 is 1.37 bits per heavy atom. The maximum Gasteiger partial charge on any atom is 0.122 e. The Balaban J connectivity index is 2.31. The van der Waals surface area contributed by atoms with Crippen LogP contribution in [-0.2, 0) is 6.54 Å². The largest absolute Gasteiger partial charge is 0.497 e. The van der Waals surface area contributed by atoms with E-state index in [9.17, 15) is 0 Å². The topological polar surface area (TPSA) is 39.1 Å². The second kappa shape index (κ2) is 6.21. The van der Waals surface area contributed by atoms with Crippen molar-refractivity contribution < 1.29 is 4.74 Å². The van der Waals surface area contributed by atoms with E-state index in [1.807, 2.05) is 30.7 Å². The van der Waals surface area contributed by atoms with Crippen LogP contribution in [-0.4, -0.2) is 22.7 Å². The van der Waals surface area contributed by atoms with Crippen LogP contribution in [0.25, 0.3) is 5.69 Å². The van der Waals surface area contributed by atoms with Gasteiger partial charge in [-0.1, -0.05) is 29.8 Å². The van der Waals surface area contributed by atoms with Gasteiger partial charge in [-0.3, -0.25) is 0 Å². The summed E-state index contributed by atoms with van der Waals surface area (Å²) in [5.74, 6) is 0.820. The van der Waals surface area contributed by atoms with Crippen LogP contribution in [0, 0.1) is 0 Å². The molecule has 1 aromatic heterocycles. The second-order valence-electron chi connectivity index (χ2n) is 4.64. The van der Waals surface area contributed by atoms with Gasteiger partial charge in [0.05, 0.1) is 24.8 Å². The molecule has 0 amide bonds. The average molecular weight is 324 g/mol. The van der Waals surface area contributed by atoms with Crippen molar-refractivity contribution >= 4 is 15.9 Å². The molecule has 5 heteroatoms. The number of methoxy groups -OCH3 is 1. The molecule has 0 unspecified atom stereocenters. The first kappa shape index (κ1) is 14.1. The summed E-state index contributed by atoms with van der Waals surface area (Å²) in [6.45, 7) is 5.04. The summed E-state index contributed by atoms with van der Waals surface area (Å²) in [5, 5.41) is 3.40. The molecule has 0 saturated carbocycles. The van der Waals surface area contributed by atoms with Crippen molar-refractivity contribution in [1.82, 2.24) is 14.9 Å². The molecule has 2 aromatic rings. The van der Waals surface area contributed by atoms with E-state index in [4.69, 9.17) is 4.74 Å². The fraction of sp³-hybridized carbons (Fsp3) is 0.357. The average Bonchev–Trinajstić information content (AvgIpc) is 2.83. The van der Waals surface area contributed by atoms with Crippen LogP contribution < -0.4 is 10.1 Å². The van der Waals surface area contributed by atoms with Gasteiger partial charge < -0.3 is 14.6 Å². The highest BCUT2D eigenvalue weighted by Gasteiger charge is 2.07. The normalized spacial score (nSPS) is 11.0. The van der Waals surface area contributed by atoms with Gasteiger partial charge in [0, 0.05) is 29.3 Å². The highest BCUT2D eigenvalue weighted by atomic mass is 79.9.